The van der Waals surface area contributed by atoms with Gasteiger partial charge >= 0.3 is 0 Å². The van der Waals surface area contributed by atoms with Crippen LogP contribution in [0.2, 0.25) is 0 Å². The number of rotatable bonds is 6. The molecule has 1 aliphatic rings. The Hall–Kier alpha value is -2.61. The molecule has 2 aromatic rings. The summed E-state index contributed by atoms with van der Waals surface area (Å²) in [6, 6.07) is 14.0. The highest BCUT2D eigenvalue weighted by molar-refractivity contribution is 7.92. The number of anilines is 1. The van der Waals surface area contributed by atoms with Crippen LogP contribution in [0.3, 0.4) is 0 Å². The Morgan fingerprint density at radius 1 is 1.15 bits per heavy atom. The zero-order valence-corrected chi connectivity index (χ0v) is 16.0. The van der Waals surface area contributed by atoms with Gasteiger partial charge in [0, 0.05) is 32.2 Å². The molecule has 0 unspecified atom stereocenters. The molecule has 8 heteroatoms. The van der Waals surface area contributed by atoms with Crippen LogP contribution in [0.4, 0.5) is 10.1 Å². The van der Waals surface area contributed by atoms with Gasteiger partial charge in [-0.1, -0.05) is 36.4 Å². The van der Waals surface area contributed by atoms with Crippen molar-refractivity contribution in [2.45, 2.75) is 13.0 Å². The van der Waals surface area contributed by atoms with E-state index >= 15 is 0 Å². The SMILES string of the molecule is CN=C(NCCS(=O)(=O)N1CCc2ccccc21)NCc1ccccc1F. The molecule has 0 fully saturated rings. The minimum atomic E-state index is -3.42. The first-order valence-corrected chi connectivity index (χ1v) is 10.4. The van der Waals surface area contributed by atoms with Crippen molar-refractivity contribution in [1.82, 2.24) is 10.6 Å². The van der Waals surface area contributed by atoms with Crippen molar-refractivity contribution in [2.24, 2.45) is 4.99 Å². The van der Waals surface area contributed by atoms with Gasteiger partial charge in [0.2, 0.25) is 10.0 Å². The molecule has 0 atom stereocenters. The fourth-order valence-corrected chi connectivity index (χ4v) is 4.47. The summed E-state index contributed by atoms with van der Waals surface area (Å²) in [6.07, 6.45) is 0.731. The van der Waals surface area contributed by atoms with Crippen molar-refractivity contribution in [3.05, 3.63) is 65.5 Å². The van der Waals surface area contributed by atoms with Gasteiger partial charge in [-0.3, -0.25) is 9.30 Å². The van der Waals surface area contributed by atoms with E-state index in [9.17, 15) is 12.8 Å². The molecule has 1 heterocycles. The molecule has 0 aromatic heterocycles. The average molecular weight is 390 g/mol. The normalized spacial score (nSPS) is 14.1. The van der Waals surface area contributed by atoms with Crippen molar-refractivity contribution in [2.75, 3.05) is 30.2 Å². The molecule has 0 radical (unpaired) electrons. The second kappa shape index (κ2) is 8.39. The Balaban J connectivity index is 1.53. The summed E-state index contributed by atoms with van der Waals surface area (Å²) in [7, 11) is -1.84. The molecular formula is C19H23FN4O2S. The third-order valence-corrected chi connectivity index (χ3v) is 6.23. The molecule has 2 N–H and O–H groups in total. The predicted octanol–water partition coefficient (Wildman–Crippen LogP) is 1.88. The van der Waals surface area contributed by atoms with Crippen LogP contribution in [0.5, 0.6) is 0 Å². The lowest BCUT2D eigenvalue weighted by molar-refractivity contribution is 0.590. The Morgan fingerprint density at radius 2 is 1.89 bits per heavy atom. The quantitative estimate of drug-likeness (QED) is 0.584. The lowest BCUT2D eigenvalue weighted by atomic mass is 10.2. The molecule has 27 heavy (non-hydrogen) atoms. The molecule has 0 amide bonds. The van der Waals surface area contributed by atoms with Gasteiger partial charge in [0.1, 0.15) is 5.82 Å². The smallest absolute Gasteiger partial charge is 0.236 e. The van der Waals surface area contributed by atoms with E-state index in [0.717, 1.165) is 17.7 Å². The number of nitrogens with one attached hydrogen (secondary N) is 2. The number of fused-ring (bicyclic) bond motifs is 1. The molecule has 2 aromatic carbocycles. The minimum absolute atomic E-state index is 0.0538. The van der Waals surface area contributed by atoms with Gasteiger partial charge < -0.3 is 10.6 Å². The summed E-state index contributed by atoms with van der Waals surface area (Å²) < 4.78 is 40.5. The summed E-state index contributed by atoms with van der Waals surface area (Å²) in [5, 5.41) is 5.96. The van der Waals surface area contributed by atoms with Crippen molar-refractivity contribution in [3.63, 3.8) is 0 Å². The number of hydrogen-bond acceptors (Lipinski definition) is 3. The number of benzene rings is 2. The van der Waals surface area contributed by atoms with Gasteiger partial charge in [-0.15, -0.1) is 0 Å². The van der Waals surface area contributed by atoms with Crippen LogP contribution in [-0.4, -0.2) is 40.3 Å². The van der Waals surface area contributed by atoms with Crippen LogP contribution in [0, 0.1) is 5.82 Å². The van der Waals surface area contributed by atoms with Crippen LogP contribution in [0.1, 0.15) is 11.1 Å². The van der Waals surface area contributed by atoms with E-state index in [2.05, 4.69) is 15.6 Å². The van der Waals surface area contributed by atoms with Crippen LogP contribution in [-0.2, 0) is 23.0 Å². The maximum absolute atomic E-state index is 13.7. The number of para-hydroxylation sites is 1. The number of hydrogen-bond donors (Lipinski definition) is 2. The van der Waals surface area contributed by atoms with Crippen molar-refractivity contribution in [3.8, 4) is 0 Å². The van der Waals surface area contributed by atoms with Crippen molar-refractivity contribution in [1.29, 1.82) is 0 Å². The number of halogens is 1. The Kier molecular flexibility index (Phi) is 5.95. The van der Waals surface area contributed by atoms with E-state index in [-0.39, 0.29) is 24.7 Å². The first-order chi connectivity index (χ1) is 13.0. The standard InChI is InChI=1S/C19H23FN4O2S/c1-21-19(23-14-16-7-2-4-8-17(16)20)22-11-13-27(25,26)24-12-10-15-6-3-5-9-18(15)24/h2-9H,10-14H2,1H3,(H2,21,22,23). The van der Waals surface area contributed by atoms with Gasteiger partial charge in [-0.05, 0) is 24.1 Å². The zero-order chi connectivity index (χ0) is 19.3. The number of aliphatic imine (C=N–C) groups is 1. The highest BCUT2D eigenvalue weighted by atomic mass is 32.2. The third kappa shape index (κ3) is 4.57. The zero-order valence-electron chi connectivity index (χ0n) is 15.2. The van der Waals surface area contributed by atoms with Crippen molar-refractivity contribution >= 4 is 21.7 Å². The number of nitrogens with zero attached hydrogens (tertiary/aromatic N) is 2. The maximum Gasteiger partial charge on any atom is 0.236 e. The Bertz CT molecular complexity index is 931. The molecule has 0 aliphatic carbocycles. The van der Waals surface area contributed by atoms with Gasteiger partial charge in [0.15, 0.2) is 5.96 Å². The van der Waals surface area contributed by atoms with Crippen molar-refractivity contribution < 1.29 is 12.8 Å². The molecule has 6 nitrogen and oxygen atoms in total. The van der Waals surface area contributed by atoms with Crippen LogP contribution >= 0.6 is 0 Å². The summed E-state index contributed by atoms with van der Waals surface area (Å²) in [4.78, 5) is 4.05. The van der Waals surface area contributed by atoms with Gasteiger partial charge in [-0.2, -0.15) is 0 Å². The van der Waals surface area contributed by atoms with Gasteiger partial charge in [-0.25, -0.2) is 12.8 Å². The monoisotopic (exact) mass is 390 g/mol. The van der Waals surface area contributed by atoms with E-state index in [0.29, 0.717) is 18.1 Å². The number of guanidine groups is 1. The fraction of sp³-hybridized carbons (Fsp3) is 0.316. The molecule has 0 bridgehead atoms. The maximum atomic E-state index is 13.7. The van der Waals surface area contributed by atoms with E-state index < -0.39 is 10.0 Å². The van der Waals surface area contributed by atoms with E-state index in [1.807, 2.05) is 24.3 Å². The minimum Gasteiger partial charge on any atom is -0.355 e. The largest absolute Gasteiger partial charge is 0.355 e. The Morgan fingerprint density at radius 3 is 2.67 bits per heavy atom. The van der Waals surface area contributed by atoms with E-state index in [1.165, 1.54) is 10.4 Å². The molecular weight excluding hydrogens is 367 g/mol. The molecule has 3 rings (SSSR count). The van der Waals surface area contributed by atoms with Gasteiger partial charge in [0.25, 0.3) is 0 Å². The topological polar surface area (TPSA) is 73.8 Å². The van der Waals surface area contributed by atoms with E-state index in [4.69, 9.17) is 0 Å². The molecule has 0 saturated heterocycles. The van der Waals surface area contributed by atoms with Gasteiger partial charge in [0.05, 0.1) is 11.4 Å². The summed E-state index contributed by atoms with van der Waals surface area (Å²) in [5.41, 5.74) is 2.33. The highest BCUT2D eigenvalue weighted by Crippen LogP contribution is 2.29. The van der Waals surface area contributed by atoms with Crippen LogP contribution in [0.15, 0.2) is 53.5 Å². The Labute approximate surface area is 159 Å². The molecule has 1 aliphatic heterocycles. The lowest BCUT2D eigenvalue weighted by Crippen LogP contribution is -2.41. The number of sulfonamides is 1. The predicted molar refractivity (Wildman–Crippen MR) is 106 cm³/mol. The van der Waals surface area contributed by atoms with Crippen LogP contribution in [0.25, 0.3) is 0 Å². The lowest BCUT2D eigenvalue weighted by Gasteiger charge is -2.20. The summed E-state index contributed by atoms with van der Waals surface area (Å²) >= 11 is 0. The first-order valence-electron chi connectivity index (χ1n) is 8.77. The molecule has 144 valence electrons. The summed E-state index contributed by atoms with van der Waals surface area (Å²) in [6.45, 7) is 0.943. The summed E-state index contributed by atoms with van der Waals surface area (Å²) in [5.74, 6) is 0.0767. The molecule has 0 spiro atoms. The fourth-order valence-electron chi connectivity index (χ4n) is 3.05. The third-order valence-electron chi connectivity index (χ3n) is 4.46. The van der Waals surface area contributed by atoms with Crippen LogP contribution < -0.4 is 14.9 Å². The second-order valence-corrected chi connectivity index (χ2v) is 8.22. The van der Waals surface area contributed by atoms with E-state index in [1.54, 1.807) is 25.2 Å². The first kappa shape index (κ1) is 19.2. The average Bonchev–Trinajstić information content (AvgIpc) is 3.10. The second-order valence-electron chi connectivity index (χ2n) is 6.21. The molecule has 0 saturated carbocycles. The highest BCUT2D eigenvalue weighted by Gasteiger charge is 2.28.